The second kappa shape index (κ2) is 26.6. The van der Waals surface area contributed by atoms with Crippen LogP contribution in [-0.4, -0.2) is 87.5 Å². The van der Waals surface area contributed by atoms with Crippen molar-refractivity contribution in [1.82, 2.24) is 5.32 Å². The molecule has 9 heteroatoms. The predicted octanol–water partition coefficient (Wildman–Crippen LogP) is 4.99. The molecular formula is C35H63NO8. The Balaban J connectivity index is 2.45. The number of allylic oxidation sites excluding steroid dienone is 5. The Morgan fingerprint density at radius 3 is 1.91 bits per heavy atom. The number of carbonyl (C=O) groups is 1. The monoisotopic (exact) mass is 625 g/mol. The van der Waals surface area contributed by atoms with Crippen molar-refractivity contribution in [3.63, 3.8) is 0 Å². The topological polar surface area (TPSA) is 149 Å². The van der Waals surface area contributed by atoms with Gasteiger partial charge in [-0.3, -0.25) is 4.79 Å². The normalized spacial score (nSPS) is 24.0. The number of hydrogen-bond donors (Lipinski definition) is 6. The first-order valence-corrected chi connectivity index (χ1v) is 17.2. The van der Waals surface area contributed by atoms with Crippen molar-refractivity contribution in [3.05, 3.63) is 36.5 Å². The van der Waals surface area contributed by atoms with Crippen LogP contribution < -0.4 is 5.32 Å². The number of rotatable bonds is 26. The molecule has 1 rings (SSSR count). The molecule has 0 bridgehead atoms. The molecule has 1 heterocycles. The molecule has 1 amide bonds. The number of aliphatic hydroxyl groups excluding tert-OH is 5. The van der Waals surface area contributed by atoms with E-state index in [-0.39, 0.29) is 12.5 Å². The first kappa shape index (κ1) is 40.4. The summed E-state index contributed by atoms with van der Waals surface area (Å²) in [5.41, 5.74) is 0. The SMILES string of the molecule is CCCCCCCCC/C=C/CC/C=C/CC/C=C/C(O)C(COC1OC(CO)C(O)C(O)C1O)NC(=O)CCCCCC. The quantitative estimate of drug-likeness (QED) is 0.0582. The van der Waals surface area contributed by atoms with Gasteiger partial charge in [-0.15, -0.1) is 0 Å². The van der Waals surface area contributed by atoms with Crippen molar-refractivity contribution in [2.45, 2.75) is 166 Å². The number of amides is 1. The van der Waals surface area contributed by atoms with Gasteiger partial charge in [0.1, 0.15) is 24.4 Å². The Morgan fingerprint density at radius 1 is 0.750 bits per heavy atom. The lowest BCUT2D eigenvalue weighted by molar-refractivity contribution is -0.302. The van der Waals surface area contributed by atoms with Crippen LogP contribution >= 0.6 is 0 Å². The average Bonchev–Trinajstić information content (AvgIpc) is 3.02. The molecule has 7 unspecified atom stereocenters. The van der Waals surface area contributed by atoms with E-state index < -0.39 is 49.5 Å². The molecular weight excluding hydrogens is 562 g/mol. The van der Waals surface area contributed by atoms with E-state index in [0.717, 1.165) is 51.4 Å². The van der Waals surface area contributed by atoms with Crippen molar-refractivity contribution < 1.29 is 39.8 Å². The van der Waals surface area contributed by atoms with Crippen LogP contribution in [0.4, 0.5) is 0 Å². The van der Waals surface area contributed by atoms with Gasteiger partial charge < -0.3 is 40.3 Å². The number of unbranched alkanes of at least 4 members (excludes halogenated alkanes) is 12. The predicted molar refractivity (Wildman–Crippen MR) is 175 cm³/mol. The Bertz CT molecular complexity index is 787. The van der Waals surface area contributed by atoms with Crippen LogP contribution in [0.3, 0.4) is 0 Å². The van der Waals surface area contributed by atoms with E-state index in [1.165, 1.54) is 51.4 Å². The van der Waals surface area contributed by atoms with E-state index in [1.807, 2.05) is 6.08 Å². The van der Waals surface area contributed by atoms with E-state index in [9.17, 15) is 30.3 Å². The summed E-state index contributed by atoms with van der Waals surface area (Å²) in [4.78, 5) is 12.6. The zero-order valence-electron chi connectivity index (χ0n) is 27.4. The molecule has 44 heavy (non-hydrogen) atoms. The maximum atomic E-state index is 12.6. The van der Waals surface area contributed by atoms with Crippen LogP contribution in [0.15, 0.2) is 36.5 Å². The van der Waals surface area contributed by atoms with Crippen molar-refractivity contribution in [2.75, 3.05) is 13.2 Å². The molecule has 6 N–H and O–H groups in total. The molecule has 1 saturated heterocycles. The highest BCUT2D eigenvalue weighted by Gasteiger charge is 2.44. The number of hydrogen-bond acceptors (Lipinski definition) is 8. The number of carbonyl (C=O) groups excluding carboxylic acids is 1. The average molecular weight is 626 g/mol. The van der Waals surface area contributed by atoms with Gasteiger partial charge in [0.2, 0.25) is 5.91 Å². The van der Waals surface area contributed by atoms with E-state index >= 15 is 0 Å². The summed E-state index contributed by atoms with van der Waals surface area (Å²) in [6.45, 7) is 3.57. The van der Waals surface area contributed by atoms with Gasteiger partial charge in [0.25, 0.3) is 0 Å². The number of aliphatic hydroxyl groups is 5. The molecule has 0 spiro atoms. The van der Waals surface area contributed by atoms with Gasteiger partial charge in [-0.1, -0.05) is 108 Å². The number of ether oxygens (including phenoxy) is 2. The van der Waals surface area contributed by atoms with Gasteiger partial charge in [0.05, 0.1) is 25.4 Å². The van der Waals surface area contributed by atoms with Crippen molar-refractivity contribution in [2.24, 2.45) is 0 Å². The zero-order chi connectivity index (χ0) is 32.4. The molecule has 1 aliphatic rings. The molecule has 1 fully saturated rings. The van der Waals surface area contributed by atoms with Crippen LogP contribution in [-0.2, 0) is 14.3 Å². The third-order valence-corrected chi connectivity index (χ3v) is 7.95. The smallest absolute Gasteiger partial charge is 0.220 e. The molecule has 1 aliphatic heterocycles. The van der Waals surface area contributed by atoms with E-state index in [2.05, 4.69) is 43.5 Å². The largest absolute Gasteiger partial charge is 0.394 e. The highest BCUT2D eigenvalue weighted by Crippen LogP contribution is 2.22. The summed E-state index contributed by atoms with van der Waals surface area (Å²) in [5.74, 6) is -0.213. The molecule has 0 radical (unpaired) electrons. The molecule has 0 aromatic heterocycles. The van der Waals surface area contributed by atoms with E-state index in [0.29, 0.717) is 6.42 Å². The van der Waals surface area contributed by atoms with Gasteiger partial charge in [-0.25, -0.2) is 0 Å². The minimum atomic E-state index is -1.57. The van der Waals surface area contributed by atoms with E-state index in [4.69, 9.17) is 9.47 Å². The maximum Gasteiger partial charge on any atom is 0.220 e. The molecule has 0 aromatic rings. The Kier molecular flexibility index (Phi) is 24.5. The van der Waals surface area contributed by atoms with Gasteiger partial charge in [0.15, 0.2) is 6.29 Å². The second-order valence-corrected chi connectivity index (χ2v) is 11.9. The van der Waals surface area contributed by atoms with Crippen molar-refractivity contribution in [3.8, 4) is 0 Å². The molecule has 0 aromatic carbocycles. The summed E-state index contributed by atoms with van der Waals surface area (Å²) in [6.07, 6.45) is 22.5. The van der Waals surface area contributed by atoms with Crippen LogP contribution in [0.25, 0.3) is 0 Å². The Hall–Kier alpha value is -1.59. The molecule has 256 valence electrons. The molecule has 0 aliphatic carbocycles. The lowest BCUT2D eigenvalue weighted by atomic mass is 9.99. The Labute approximate surface area is 266 Å². The maximum absolute atomic E-state index is 12.6. The first-order chi connectivity index (χ1) is 21.3. The van der Waals surface area contributed by atoms with Crippen LogP contribution in [0.2, 0.25) is 0 Å². The lowest BCUT2D eigenvalue weighted by Gasteiger charge is -2.40. The highest BCUT2D eigenvalue weighted by atomic mass is 16.7. The lowest BCUT2D eigenvalue weighted by Crippen LogP contribution is -2.60. The minimum absolute atomic E-state index is 0.207. The molecule has 9 nitrogen and oxygen atoms in total. The standard InChI is InChI=1S/C35H63NO8/c1-3-5-7-9-10-11-12-13-14-15-16-17-18-19-20-21-22-24-29(38)28(36-31(39)25-23-8-6-4-2)27-43-35-34(42)33(41)32(40)30(26-37)44-35/h14-15,18-19,22,24,28-30,32-35,37-38,40-42H,3-13,16-17,20-21,23,25-27H2,1-2H3,(H,36,39)/b15-14+,19-18+,24-22+. The van der Waals surface area contributed by atoms with Crippen LogP contribution in [0, 0.1) is 0 Å². The van der Waals surface area contributed by atoms with Gasteiger partial charge in [-0.05, 0) is 44.9 Å². The highest BCUT2D eigenvalue weighted by molar-refractivity contribution is 5.76. The van der Waals surface area contributed by atoms with Gasteiger partial charge in [0, 0.05) is 6.42 Å². The van der Waals surface area contributed by atoms with Gasteiger partial charge in [-0.2, -0.15) is 0 Å². The second-order valence-electron chi connectivity index (χ2n) is 11.9. The fourth-order valence-corrected chi connectivity index (χ4v) is 5.07. The molecule has 0 saturated carbocycles. The first-order valence-electron chi connectivity index (χ1n) is 17.2. The Morgan fingerprint density at radius 2 is 1.30 bits per heavy atom. The van der Waals surface area contributed by atoms with Crippen LogP contribution in [0.5, 0.6) is 0 Å². The third kappa shape index (κ3) is 18.4. The minimum Gasteiger partial charge on any atom is -0.394 e. The summed E-state index contributed by atoms with van der Waals surface area (Å²) in [7, 11) is 0. The summed E-state index contributed by atoms with van der Waals surface area (Å²) >= 11 is 0. The zero-order valence-corrected chi connectivity index (χ0v) is 27.4. The van der Waals surface area contributed by atoms with E-state index in [1.54, 1.807) is 6.08 Å². The third-order valence-electron chi connectivity index (χ3n) is 7.95. The van der Waals surface area contributed by atoms with Crippen molar-refractivity contribution in [1.29, 1.82) is 0 Å². The van der Waals surface area contributed by atoms with Crippen LogP contribution in [0.1, 0.15) is 123 Å². The summed E-state index contributed by atoms with van der Waals surface area (Å²) in [5, 5.41) is 53.4. The van der Waals surface area contributed by atoms with Gasteiger partial charge >= 0.3 is 0 Å². The van der Waals surface area contributed by atoms with Crippen molar-refractivity contribution >= 4 is 5.91 Å². The number of nitrogens with one attached hydrogen (secondary N) is 1. The fourth-order valence-electron chi connectivity index (χ4n) is 5.07. The summed E-state index contributed by atoms with van der Waals surface area (Å²) < 4.78 is 11.0. The summed E-state index contributed by atoms with van der Waals surface area (Å²) in [6, 6.07) is -0.819. The fraction of sp³-hybridized carbons (Fsp3) is 0.800. The molecule has 7 atom stereocenters.